The third-order valence-corrected chi connectivity index (χ3v) is 5.70. The van der Waals surface area contributed by atoms with E-state index in [-0.39, 0.29) is 18.2 Å². The van der Waals surface area contributed by atoms with E-state index in [2.05, 4.69) is 5.32 Å². The van der Waals surface area contributed by atoms with Crippen LogP contribution >= 0.6 is 35.6 Å². The third-order valence-electron chi connectivity index (χ3n) is 4.07. The Balaban J connectivity index is 1.76. The molecule has 0 saturated carbocycles. The lowest BCUT2D eigenvalue weighted by atomic mass is 10.1. The van der Waals surface area contributed by atoms with E-state index in [9.17, 15) is 14.4 Å². The van der Waals surface area contributed by atoms with E-state index in [1.54, 1.807) is 23.1 Å². The van der Waals surface area contributed by atoms with Gasteiger partial charge in [-0.05, 0) is 43.5 Å². The molecule has 1 unspecified atom stereocenters. The standard InChI is InChI=1S/C19H21ClN2O4S2/c1-12(18(25)26)21-16(23)5-3-2-4-10-22-17(24)15(28-19(22)27)11-13-6-8-14(20)9-7-13/h6-9,11-12H,2-5,10H2,1H3,(H,21,23)(H,25,26)/b15-11-. The van der Waals surface area contributed by atoms with Crippen LogP contribution in [0.5, 0.6) is 0 Å². The first-order valence-corrected chi connectivity index (χ1v) is 10.4. The quantitative estimate of drug-likeness (QED) is 0.346. The van der Waals surface area contributed by atoms with Crippen LogP contribution in [-0.2, 0) is 14.4 Å². The minimum absolute atomic E-state index is 0.113. The van der Waals surface area contributed by atoms with Crippen LogP contribution in [0.15, 0.2) is 29.2 Å². The number of thioether (sulfide) groups is 1. The van der Waals surface area contributed by atoms with Crippen LogP contribution in [0.1, 0.15) is 38.2 Å². The lowest BCUT2D eigenvalue weighted by molar-refractivity contribution is -0.141. The topological polar surface area (TPSA) is 86.7 Å². The highest BCUT2D eigenvalue weighted by Gasteiger charge is 2.31. The van der Waals surface area contributed by atoms with Gasteiger partial charge >= 0.3 is 5.97 Å². The van der Waals surface area contributed by atoms with Crippen LogP contribution in [-0.4, -0.2) is 44.7 Å². The van der Waals surface area contributed by atoms with Crippen molar-refractivity contribution in [3.05, 3.63) is 39.8 Å². The zero-order valence-corrected chi connectivity index (χ0v) is 17.7. The van der Waals surface area contributed by atoms with E-state index >= 15 is 0 Å². The Hall–Kier alpha value is -1.90. The molecule has 1 aliphatic heterocycles. The zero-order valence-electron chi connectivity index (χ0n) is 15.3. The molecule has 1 heterocycles. The van der Waals surface area contributed by atoms with E-state index in [1.807, 2.05) is 12.1 Å². The summed E-state index contributed by atoms with van der Waals surface area (Å²) < 4.78 is 0.526. The van der Waals surface area contributed by atoms with Crippen LogP contribution in [0.2, 0.25) is 5.02 Å². The van der Waals surface area contributed by atoms with Crippen molar-refractivity contribution in [2.24, 2.45) is 0 Å². The van der Waals surface area contributed by atoms with Gasteiger partial charge in [0.1, 0.15) is 10.4 Å². The summed E-state index contributed by atoms with van der Waals surface area (Å²) in [5.41, 5.74) is 0.881. The lowest BCUT2D eigenvalue weighted by Gasteiger charge is -2.14. The van der Waals surface area contributed by atoms with Crippen molar-refractivity contribution in [3.63, 3.8) is 0 Å². The number of benzene rings is 1. The number of unbranched alkanes of at least 4 members (excludes halogenated alkanes) is 2. The first-order chi connectivity index (χ1) is 13.3. The number of carboxylic acids is 1. The number of carboxylic acid groups (broad SMARTS) is 1. The van der Waals surface area contributed by atoms with Gasteiger partial charge in [-0.2, -0.15) is 0 Å². The van der Waals surface area contributed by atoms with Gasteiger partial charge in [-0.3, -0.25) is 19.3 Å². The van der Waals surface area contributed by atoms with Gasteiger partial charge in [-0.15, -0.1) is 0 Å². The number of rotatable bonds is 9. The first-order valence-electron chi connectivity index (χ1n) is 8.81. The van der Waals surface area contributed by atoms with E-state index in [0.29, 0.717) is 33.6 Å². The normalized spacial score (nSPS) is 16.5. The van der Waals surface area contributed by atoms with E-state index in [1.165, 1.54) is 18.7 Å². The lowest BCUT2D eigenvalue weighted by Crippen LogP contribution is -2.38. The average Bonchev–Trinajstić information content (AvgIpc) is 2.90. The third kappa shape index (κ3) is 6.61. The van der Waals surface area contributed by atoms with Crippen molar-refractivity contribution in [2.75, 3.05) is 6.54 Å². The molecule has 0 radical (unpaired) electrons. The monoisotopic (exact) mass is 440 g/mol. The molecule has 2 amide bonds. The molecule has 0 aliphatic carbocycles. The molecule has 150 valence electrons. The SMILES string of the molecule is CC(NC(=O)CCCCCN1C(=O)/C(=C/c2ccc(Cl)cc2)SC1=S)C(=O)O. The molecular formula is C19H21ClN2O4S2. The second-order valence-corrected chi connectivity index (χ2v) is 8.44. The molecule has 6 nitrogen and oxygen atoms in total. The summed E-state index contributed by atoms with van der Waals surface area (Å²) in [6, 6.07) is 6.31. The summed E-state index contributed by atoms with van der Waals surface area (Å²) in [5.74, 6) is -1.46. The number of nitrogens with one attached hydrogen (secondary N) is 1. The summed E-state index contributed by atoms with van der Waals surface area (Å²) in [4.78, 5) is 37.0. The van der Waals surface area contributed by atoms with Gasteiger partial charge in [0.05, 0.1) is 4.91 Å². The van der Waals surface area contributed by atoms with Gasteiger partial charge in [0.25, 0.3) is 5.91 Å². The van der Waals surface area contributed by atoms with Crippen LogP contribution in [0.3, 0.4) is 0 Å². The maximum Gasteiger partial charge on any atom is 0.325 e. The molecule has 1 saturated heterocycles. The fourth-order valence-corrected chi connectivity index (χ4v) is 3.95. The predicted octanol–water partition coefficient (Wildman–Crippen LogP) is 3.69. The van der Waals surface area contributed by atoms with Crippen LogP contribution in [0.4, 0.5) is 0 Å². The molecule has 0 aromatic heterocycles. The molecule has 2 rings (SSSR count). The smallest absolute Gasteiger partial charge is 0.325 e. The summed E-state index contributed by atoms with van der Waals surface area (Å²) in [6.07, 6.45) is 4.12. The number of aliphatic carboxylic acids is 1. The molecule has 2 N–H and O–H groups in total. The average molecular weight is 441 g/mol. The van der Waals surface area contributed by atoms with Crippen molar-refractivity contribution >= 4 is 63.8 Å². The van der Waals surface area contributed by atoms with Crippen LogP contribution in [0, 0.1) is 0 Å². The van der Waals surface area contributed by atoms with Gasteiger partial charge in [0.2, 0.25) is 5.91 Å². The number of hydrogen-bond acceptors (Lipinski definition) is 5. The molecule has 28 heavy (non-hydrogen) atoms. The molecule has 0 spiro atoms. The summed E-state index contributed by atoms with van der Waals surface area (Å²) in [5, 5.41) is 11.8. The Morgan fingerprint density at radius 1 is 1.29 bits per heavy atom. The van der Waals surface area contributed by atoms with Crippen molar-refractivity contribution in [2.45, 2.75) is 38.6 Å². The number of amides is 2. The molecule has 1 aliphatic rings. The maximum atomic E-state index is 12.5. The highest BCUT2D eigenvalue weighted by molar-refractivity contribution is 8.26. The van der Waals surface area contributed by atoms with Crippen molar-refractivity contribution in [1.29, 1.82) is 0 Å². The second kappa shape index (κ2) is 10.6. The number of carbonyl (C=O) groups is 3. The number of halogens is 1. The van der Waals surface area contributed by atoms with Gasteiger partial charge in [-0.1, -0.05) is 54.1 Å². The fourth-order valence-electron chi connectivity index (χ4n) is 2.51. The number of nitrogens with zero attached hydrogens (tertiary/aromatic N) is 1. The fraction of sp³-hybridized carbons (Fsp3) is 0.368. The van der Waals surface area contributed by atoms with Crippen molar-refractivity contribution in [3.8, 4) is 0 Å². The van der Waals surface area contributed by atoms with Crippen molar-refractivity contribution < 1.29 is 19.5 Å². The minimum atomic E-state index is -1.06. The van der Waals surface area contributed by atoms with E-state index in [4.69, 9.17) is 28.9 Å². The summed E-state index contributed by atoms with van der Waals surface area (Å²) >= 11 is 12.5. The molecular weight excluding hydrogens is 420 g/mol. The maximum absolute atomic E-state index is 12.5. The van der Waals surface area contributed by atoms with Crippen LogP contribution < -0.4 is 5.32 Å². The van der Waals surface area contributed by atoms with Crippen LogP contribution in [0.25, 0.3) is 6.08 Å². The Kier molecular flexibility index (Phi) is 8.47. The number of carbonyl (C=O) groups excluding carboxylic acids is 2. The Labute approximate surface area is 178 Å². The molecule has 0 bridgehead atoms. The second-order valence-electron chi connectivity index (χ2n) is 6.32. The molecule has 1 aromatic rings. The highest BCUT2D eigenvalue weighted by Crippen LogP contribution is 2.32. The zero-order chi connectivity index (χ0) is 20.7. The highest BCUT2D eigenvalue weighted by atomic mass is 35.5. The predicted molar refractivity (Wildman–Crippen MR) is 115 cm³/mol. The Morgan fingerprint density at radius 2 is 1.96 bits per heavy atom. The molecule has 1 atom stereocenters. The molecule has 1 aromatic carbocycles. The van der Waals surface area contributed by atoms with Gasteiger partial charge < -0.3 is 10.4 Å². The number of hydrogen-bond donors (Lipinski definition) is 2. The van der Waals surface area contributed by atoms with E-state index in [0.717, 1.165) is 12.0 Å². The van der Waals surface area contributed by atoms with Gasteiger partial charge in [0.15, 0.2) is 0 Å². The summed E-state index contributed by atoms with van der Waals surface area (Å²) in [7, 11) is 0. The van der Waals surface area contributed by atoms with Crippen molar-refractivity contribution in [1.82, 2.24) is 10.2 Å². The van der Waals surface area contributed by atoms with Gasteiger partial charge in [0, 0.05) is 18.0 Å². The Morgan fingerprint density at radius 3 is 2.61 bits per heavy atom. The number of thiocarbonyl (C=S) groups is 1. The summed E-state index contributed by atoms with van der Waals surface area (Å²) in [6.45, 7) is 1.92. The van der Waals surface area contributed by atoms with Gasteiger partial charge in [-0.25, -0.2) is 0 Å². The Bertz CT molecular complexity index is 796. The molecule has 1 fully saturated rings. The molecule has 9 heteroatoms. The minimum Gasteiger partial charge on any atom is -0.480 e. The first kappa shape index (κ1) is 22.4. The largest absolute Gasteiger partial charge is 0.480 e. The van der Waals surface area contributed by atoms with E-state index < -0.39 is 12.0 Å².